The molecule has 3 rings (SSSR count). The minimum Gasteiger partial charge on any atom is -0.497 e. The van der Waals surface area contributed by atoms with E-state index in [0.29, 0.717) is 30.2 Å². The average molecular weight is 586 g/mol. The van der Waals surface area contributed by atoms with Crippen LogP contribution in [-0.2, 0) is 26.0 Å². The van der Waals surface area contributed by atoms with Gasteiger partial charge in [0.1, 0.15) is 18.3 Å². The molecule has 0 radical (unpaired) electrons. The number of benzene rings is 3. The number of nitrogens with zero attached hydrogens (tertiary/aromatic N) is 2. The van der Waals surface area contributed by atoms with Crippen LogP contribution in [-0.4, -0.2) is 57.9 Å². The highest BCUT2D eigenvalue weighted by molar-refractivity contribution is 7.92. The van der Waals surface area contributed by atoms with Crippen LogP contribution in [0.5, 0.6) is 5.75 Å². The third-order valence-electron chi connectivity index (χ3n) is 6.44. The lowest BCUT2D eigenvalue weighted by atomic mass is 10.1. The summed E-state index contributed by atoms with van der Waals surface area (Å²) < 4.78 is 34.0. The highest BCUT2D eigenvalue weighted by atomic mass is 35.5. The first kappa shape index (κ1) is 31.0. The van der Waals surface area contributed by atoms with Crippen molar-refractivity contribution in [3.8, 4) is 5.75 Å². The molecule has 3 aromatic carbocycles. The second-order valence-corrected chi connectivity index (χ2v) is 11.5. The molecule has 0 aliphatic rings. The summed E-state index contributed by atoms with van der Waals surface area (Å²) in [5.74, 6) is -0.259. The third-order valence-corrected chi connectivity index (χ3v) is 8.47. The maximum Gasteiger partial charge on any atom is 0.264 e. The number of hydrogen-bond acceptors (Lipinski definition) is 5. The van der Waals surface area contributed by atoms with E-state index in [1.54, 1.807) is 30.3 Å². The SMILES string of the molecule is CCCNC(=O)[C@H](CC)N(CCc1ccccc1)C(=O)CN(c1cccc(Cl)c1)S(=O)(=O)c1ccc(OC)cc1. The predicted molar refractivity (Wildman–Crippen MR) is 158 cm³/mol. The molecule has 10 heteroatoms. The summed E-state index contributed by atoms with van der Waals surface area (Å²) in [5.41, 5.74) is 1.24. The van der Waals surface area contributed by atoms with E-state index in [2.05, 4.69) is 5.32 Å². The number of rotatable bonds is 14. The zero-order chi connectivity index (χ0) is 29.1. The van der Waals surface area contributed by atoms with Gasteiger partial charge in [0.05, 0.1) is 17.7 Å². The van der Waals surface area contributed by atoms with Gasteiger partial charge in [0.2, 0.25) is 11.8 Å². The number of ether oxygens (including phenoxy) is 1. The molecular weight excluding hydrogens is 550 g/mol. The maximum absolute atomic E-state index is 14.0. The quantitative estimate of drug-likeness (QED) is 0.290. The van der Waals surface area contributed by atoms with E-state index in [1.165, 1.54) is 30.2 Å². The highest BCUT2D eigenvalue weighted by Gasteiger charge is 2.33. The van der Waals surface area contributed by atoms with Gasteiger partial charge in [0.25, 0.3) is 10.0 Å². The van der Waals surface area contributed by atoms with Gasteiger partial charge in [-0.05, 0) is 67.3 Å². The molecule has 3 aromatic rings. The van der Waals surface area contributed by atoms with Gasteiger partial charge in [0.15, 0.2) is 0 Å². The number of halogens is 1. The van der Waals surface area contributed by atoms with Crippen molar-refractivity contribution in [2.45, 2.75) is 44.0 Å². The Hall–Kier alpha value is -3.56. The minimum atomic E-state index is -4.19. The molecule has 0 spiro atoms. The summed E-state index contributed by atoms with van der Waals surface area (Å²) in [6, 6.07) is 21.2. The number of carbonyl (C=O) groups is 2. The summed E-state index contributed by atoms with van der Waals surface area (Å²) in [5, 5.41) is 3.21. The van der Waals surface area contributed by atoms with Crippen molar-refractivity contribution in [3.63, 3.8) is 0 Å². The molecule has 0 aliphatic heterocycles. The molecule has 0 saturated carbocycles. The summed E-state index contributed by atoms with van der Waals surface area (Å²) in [7, 11) is -2.70. The number of anilines is 1. The smallest absolute Gasteiger partial charge is 0.264 e. The first-order valence-electron chi connectivity index (χ1n) is 13.2. The van der Waals surface area contributed by atoms with Gasteiger partial charge in [-0.1, -0.05) is 61.8 Å². The molecule has 0 bridgehead atoms. The number of nitrogens with one attached hydrogen (secondary N) is 1. The molecular formula is C30H36ClN3O5S. The maximum atomic E-state index is 14.0. The largest absolute Gasteiger partial charge is 0.497 e. The van der Waals surface area contributed by atoms with E-state index >= 15 is 0 Å². The van der Waals surface area contributed by atoms with E-state index in [1.807, 2.05) is 44.2 Å². The molecule has 0 aromatic heterocycles. The van der Waals surface area contributed by atoms with Gasteiger partial charge in [-0.15, -0.1) is 0 Å². The van der Waals surface area contributed by atoms with Crippen LogP contribution in [0.15, 0.2) is 83.8 Å². The Morgan fingerprint density at radius 3 is 2.27 bits per heavy atom. The third kappa shape index (κ3) is 7.99. The summed E-state index contributed by atoms with van der Waals surface area (Å²) in [4.78, 5) is 28.6. The second-order valence-electron chi connectivity index (χ2n) is 9.20. The van der Waals surface area contributed by atoms with Gasteiger partial charge in [-0.25, -0.2) is 8.42 Å². The average Bonchev–Trinajstić information content (AvgIpc) is 2.97. The van der Waals surface area contributed by atoms with Crippen LogP contribution in [0.4, 0.5) is 5.69 Å². The van der Waals surface area contributed by atoms with Crippen LogP contribution in [0, 0.1) is 0 Å². The van der Waals surface area contributed by atoms with E-state index in [0.717, 1.165) is 16.3 Å². The Labute approximate surface area is 241 Å². The lowest BCUT2D eigenvalue weighted by Crippen LogP contribution is -2.53. The fourth-order valence-corrected chi connectivity index (χ4v) is 5.89. The van der Waals surface area contributed by atoms with E-state index in [4.69, 9.17) is 16.3 Å². The van der Waals surface area contributed by atoms with Gasteiger partial charge in [-0.3, -0.25) is 13.9 Å². The second kappa shape index (κ2) is 14.7. The van der Waals surface area contributed by atoms with Crippen molar-refractivity contribution in [3.05, 3.63) is 89.4 Å². The monoisotopic (exact) mass is 585 g/mol. The Bertz CT molecular complexity index is 1370. The van der Waals surface area contributed by atoms with Crippen molar-refractivity contribution in [1.29, 1.82) is 0 Å². The summed E-state index contributed by atoms with van der Waals surface area (Å²) in [6.45, 7) is 4.00. The zero-order valence-corrected chi connectivity index (χ0v) is 24.6. The first-order chi connectivity index (χ1) is 19.2. The molecule has 1 N–H and O–H groups in total. The van der Waals surface area contributed by atoms with Gasteiger partial charge in [-0.2, -0.15) is 0 Å². The van der Waals surface area contributed by atoms with Crippen LogP contribution < -0.4 is 14.4 Å². The van der Waals surface area contributed by atoms with Crippen LogP contribution in [0.2, 0.25) is 5.02 Å². The molecule has 0 unspecified atom stereocenters. The number of methoxy groups -OCH3 is 1. The number of carbonyl (C=O) groups excluding carboxylic acids is 2. The molecule has 214 valence electrons. The normalized spacial score (nSPS) is 11.9. The molecule has 0 heterocycles. The van der Waals surface area contributed by atoms with Crippen LogP contribution >= 0.6 is 11.6 Å². The fourth-order valence-electron chi connectivity index (χ4n) is 4.30. The van der Waals surface area contributed by atoms with Crippen LogP contribution in [0.1, 0.15) is 32.3 Å². The molecule has 1 atom stereocenters. The van der Waals surface area contributed by atoms with Crippen molar-refractivity contribution in [2.75, 3.05) is 31.0 Å². The van der Waals surface area contributed by atoms with Crippen molar-refractivity contribution in [2.24, 2.45) is 0 Å². The standard InChI is InChI=1S/C30H36ClN3O5S/c1-4-19-32-30(36)28(5-2)33(20-18-23-10-7-6-8-11-23)29(35)22-34(25-13-9-12-24(31)21-25)40(37,38)27-16-14-26(39-3)15-17-27/h6-17,21,28H,4-5,18-20,22H2,1-3H3,(H,32,36)/t28-/m0/s1. The van der Waals surface area contributed by atoms with Crippen LogP contribution in [0.25, 0.3) is 0 Å². The lowest BCUT2D eigenvalue weighted by molar-refractivity contribution is -0.139. The van der Waals surface area contributed by atoms with E-state index in [9.17, 15) is 18.0 Å². The number of hydrogen-bond donors (Lipinski definition) is 1. The minimum absolute atomic E-state index is 0.00959. The van der Waals surface area contributed by atoms with Crippen molar-refractivity contribution >= 4 is 39.1 Å². The van der Waals surface area contributed by atoms with Crippen molar-refractivity contribution in [1.82, 2.24) is 10.2 Å². The van der Waals surface area contributed by atoms with Gasteiger partial charge in [0, 0.05) is 18.1 Å². The Balaban J connectivity index is 2.00. The fraction of sp³-hybridized carbons (Fsp3) is 0.333. The van der Waals surface area contributed by atoms with E-state index in [-0.39, 0.29) is 23.0 Å². The number of sulfonamides is 1. The topological polar surface area (TPSA) is 96.0 Å². The molecule has 0 saturated heterocycles. The predicted octanol–water partition coefficient (Wildman–Crippen LogP) is 4.92. The summed E-state index contributed by atoms with van der Waals surface area (Å²) in [6.07, 6.45) is 1.63. The Morgan fingerprint density at radius 2 is 1.68 bits per heavy atom. The number of amides is 2. The molecule has 8 nitrogen and oxygen atoms in total. The zero-order valence-electron chi connectivity index (χ0n) is 23.0. The van der Waals surface area contributed by atoms with E-state index < -0.39 is 28.5 Å². The highest BCUT2D eigenvalue weighted by Crippen LogP contribution is 2.27. The lowest BCUT2D eigenvalue weighted by Gasteiger charge is -2.33. The summed E-state index contributed by atoms with van der Waals surface area (Å²) >= 11 is 6.22. The Kier molecular flexibility index (Phi) is 11.4. The molecule has 0 aliphatic carbocycles. The van der Waals surface area contributed by atoms with Gasteiger partial charge >= 0.3 is 0 Å². The molecule has 2 amide bonds. The van der Waals surface area contributed by atoms with Crippen molar-refractivity contribution < 1.29 is 22.7 Å². The van der Waals surface area contributed by atoms with Gasteiger partial charge < -0.3 is 15.0 Å². The van der Waals surface area contributed by atoms with Crippen LogP contribution in [0.3, 0.4) is 0 Å². The first-order valence-corrected chi connectivity index (χ1v) is 15.1. The molecule has 40 heavy (non-hydrogen) atoms. The molecule has 0 fully saturated rings. The Morgan fingerprint density at radius 1 is 0.975 bits per heavy atom.